The average Bonchev–Trinajstić information content (AvgIpc) is 2.56. The zero-order chi connectivity index (χ0) is 12.1. The quantitative estimate of drug-likeness (QED) is 0.550. The smallest absolute Gasteiger partial charge is 0.358 e. The van der Waals surface area contributed by atoms with Crippen LogP contribution < -0.4 is 0 Å². The van der Waals surface area contributed by atoms with Gasteiger partial charge in [0.15, 0.2) is 5.69 Å². The molecule has 0 fully saturated rings. The molecule has 0 N–H and O–H groups in total. The molecule has 0 amide bonds. The first-order chi connectivity index (χ1) is 7.56. The van der Waals surface area contributed by atoms with E-state index < -0.39 is 0 Å². The third kappa shape index (κ3) is 3.01. The Kier molecular flexibility index (Phi) is 4.39. The Labute approximate surface area is 94.8 Å². The van der Waals surface area contributed by atoms with Crippen molar-refractivity contribution in [3.8, 4) is 0 Å². The minimum absolute atomic E-state index is 0.0575. The number of hydrogen-bond acceptors (Lipinski definition) is 4. The lowest BCUT2D eigenvalue weighted by Gasteiger charge is -2.01. The van der Waals surface area contributed by atoms with Crippen LogP contribution in [-0.4, -0.2) is 19.9 Å². The molecule has 0 aliphatic rings. The van der Waals surface area contributed by atoms with Crippen molar-refractivity contribution in [3.05, 3.63) is 15.8 Å². The fourth-order valence-corrected chi connectivity index (χ4v) is 1.52. The summed E-state index contributed by atoms with van der Waals surface area (Å²) in [5, 5.41) is 18.7. The van der Waals surface area contributed by atoms with Gasteiger partial charge in [-0.25, -0.2) is 0 Å². The van der Waals surface area contributed by atoms with Crippen molar-refractivity contribution in [2.45, 2.75) is 46.6 Å². The largest absolute Gasteiger partial charge is 0.368 e. The van der Waals surface area contributed by atoms with Gasteiger partial charge in [-0.1, -0.05) is 27.2 Å². The van der Waals surface area contributed by atoms with Gasteiger partial charge in [0.2, 0.25) is 0 Å². The van der Waals surface area contributed by atoms with Gasteiger partial charge < -0.3 is 10.1 Å². The minimum Gasteiger partial charge on any atom is -0.358 e. The highest BCUT2D eigenvalue weighted by Gasteiger charge is 2.23. The monoisotopic (exact) mass is 226 g/mol. The second kappa shape index (κ2) is 5.58. The highest BCUT2D eigenvalue weighted by molar-refractivity contribution is 5.25. The van der Waals surface area contributed by atoms with Crippen molar-refractivity contribution in [2.24, 2.45) is 5.92 Å². The third-order valence-corrected chi connectivity index (χ3v) is 2.27. The number of nitro groups is 1. The van der Waals surface area contributed by atoms with E-state index in [2.05, 4.69) is 10.3 Å². The molecule has 1 heterocycles. The van der Waals surface area contributed by atoms with Crippen molar-refractivity contribution >= 4 is 5.82 Å². The van der Waals surface area contributed by atoms with Crippen molar-refractivity contribution in [1.29, 1.82) is 0 Å². The maximum Gasteiger partial charge on any atom is 0.368 e. The van der Waals surface area contributed by atoms with Crippen molar-refractivity contribution in [3.63, 3.8) is 0 Å². The summed E-state index contributed by atoms with van der Waals surface area (Å²) >= 11 is 0. The highest BCUT2D eigenvalue weighted by Crippen LogP contribution is 2.19. The van der Waals surface area contributed by atoms with E-state index in [0.717, 1.165) is 12.8 Å². The number of aryl methyl sites for hydroxylation is 1. The van der Waals surface area contributed by atoms with Crippen LogP contribution in [0.2, 0.25) is 0 Å². The fraction of sp³-hybridized carbons (Fsp3) is 0.800. The summed E-state index contributed by atoms with van der Waals surface area (Å²) in [6.07, 6.45) is 2.46. The molecule has 0 radical (unpaired) electrons. The lowest BCUT2D eigenvalue weighted by atomic mass is 10.1. The minimum atomic E-state index is -0.382. The molecule has 0 saturated heterocycles. The summed E-state index contributed by atoms with van der Waals surface area (Å²) in [6.45, 7) is 6.62. The Balaban J connectivity index is 2.92. The molecule has 1 aromatic heterocycles. The van der Waals surface area contributed by atoms with Crippen molar-refractivity contribution < 1.29 is 4.92 Å². The molecule has 1 aromatic rings. The Morgan fingerprint density at radius 1 is 1.50 bits per heavy atom. The lowest BCUT2D eigenvalue weighted by Crippen LogP contribution is -2.06. The third-order valence-electron chi connectivity index (χ3n) is 2.27. The van der Waals surface area contributed by atoms with Gasteiger partial charge in [-0.3, -0.25) is 0 Å². The van der Waals surface area contributed by atoms with Crippen LogP contribution in [0.15, 0.2) is 0 Å². The topological polar surface area (TPSA) is 73.8 Å². The Morgan fingerprint density at radius 2 is 2.19 bits per heavy atom. The Bertz CT molecular complexity index is 360. The number of rotatable bonds is 6. The normalized spacial score (nSPS) is 11.0. The molecule has 0 saturated carbocycles. The van der Waals surface area contributed by atoms with Crippen LogP contribution in [-0.2, 0) is 13.0 Å². The van der Waals surface area contributed by atoms with E-state index in [1.807, 2.05) is 20.8 Å². The van der Waals surface area contributed by atoms with Crippen LogP contribution in [0.1, 0.15) is 39.3 Å². The molecule has 0 spiro atoms. The summed E-state index contributed by atoms with van der Waals surface area (Å²) in [4.78, 5) is 10.6. The second-order valence-electron chi connectivity index (χ2n) is 4.29. The van der Waals surface area contributed by atoms with Gasteiger partial charge in [0.1, 0.15) is 6.54 Å². The number of aromatic nitrogens is 3. The van der Waals surface area contributed by atoms with E-state index in [0.29, 0.717) is 24.6 Å². The SMILES string of the molecule is CCCCn1nnc(CC(C)C)c1[N+](=O)[O-]. The summed E-state index contributed by atoms with van der Waals surface area (Å²) in [6, 6.07) is 0. The summed E-state index contributed by atoms with van der Waals surface area (Å²) < 4.78 is 1.40. The predicted molar refractivity (Wildman–Crippen MR) is 60.1 cm³/mol. The molecule has 1 rings (SSSR count). The van der Waals surface area contributed by atoms with Crippen molar-refractivity contribution in [2.75, 3.05) is 0 Å². The van der Waals surface area contributed by atoms with Gasteiger partial charge in [-0.05, 0) is 17.3 Å². The van der Waals surface area contributed by atoms with E-state index in [-0.39, 0.29) is 10.7 Å². The van der Waals surface area contributed by atoms with E-state index in [1.54, 1.807) is 0 Å². The molecule has 0 unspecified atom stereocenters. The van der Waals surface area contributed by atoms with E-state index in [4.69, 9.17) is 0 Å². The predicted octanol–water partition coefficient (Wildman–Crippen LogP) is 2.18. The second-order valence-corrected chi connectivity index (χ2v) is 4.29. The molecule has 0 aliphatic carbocycles. The Hall–Kier alpha value is -1.46. The lowest BCUT2D eigenvalue weighted by molar-refractivity contribution is -0.393. The van der Waals surface area contributed by atoms with Crippen LogP contribution in [0.5, 0.6) is 0 Å². The summed E-state index contributed by atoms with van der Waals surface area (Å²) in [7, 11) is 0. The molecule has 0 bridgehead atoms. The van der Waals surface area contributed by atoms with Crippen molar-refractivity contribution in [1.82, 2.24) is 15.0 Å². The van der Waals surface area contributed by atoms with Crippen LogP contribution >= 0.6 is 0 Å². The molecule has 16 heavy (non-hydrogen) atoms. The first kappa shape index (κ1) is 12.6. The van der Waals surface area contributed by atoms with Crippen LogP contribution in [0.25, 0.3) is 0 Å². The van der Waals surface area contributed by atoms with Crippen LogP contribution in [0.3, 0.4) is 0 Å². The highest BCUT2D eigenvalue weighted by atomic mass is 16.6. The van der Waals surface area contributed by atoms with Gasteiger partial charge in [-0.2, -0.15) is 0 Å². The first-order valence-corrected chi connectivity index (χ1v) is 5.63. The molecule has 6 heteroatoms. The maximum absolute atomic E-state index is 11.0. The van der Waals surface area contributed by atoms with Gasteiger partial charge in [0, 0.05) is 11.6 Å². The summed E-state index contributed by atoms with van der Waals surface area (Å²) in [5.41, 5.74) is 0.496. The Morgan fingerprint density at radius 3 is 2.69 bits per heavy atom. The van der Waals surface area contributed by atoms with E-state index in [9.17, 15) is 10.1 Å². The molecule has 0 aromatic carbocycles. The molecular weight excluding hydrogens is 208 g/mol. The number of nitrogens with zero attached hydrogens (tertiary/aromatic N) is 4. The van der Waals surface area contributed by atoms with Crippen LogP contribution in [0.4, 0.5) is 5.82 Å². The van der Waals surface area contributed by atoms with E-state index >= 15 is 0 Å². The van der Waals surface area contributed by atoms with Gasteiger partial charge in [-0.15, -0.1) is 9.78 Å². The molecular formula is C10H18N4O2. The zero-order valence-corrected chi connectivity index (χ0v) is 10.0. The van der Waals surface area contributed by atoms with Gasteiger partial charge >= 0.3 is 5.82 Å². The molecule has 90 valence electrons. The average molecular weight is 226 g/mol. The van der Waals surface area contributed by atoms with E-state index in [1.165, 1.54) is 4.68 Å². The zero-order valence-electron chi connectivity index (χ0n) is 10.0. The van der Waals surface area contributed by atoms with Gasteiger partial charge in [0.25, 0.3) is 0 Å². The van der Waals surface area contributed by atoms with Gasteiger partial charge in [0.05, 0.1) is 0 Å². The number of hydrogen-bond donors (Lipinski definition) is 0. The molecule has 0 atom stereocenters. The first-order valence-electron chi connectivity index (χ1n) is 5.63. The standard InChI is InChI=1S/C10H18N4O2/c1-4-5-6-13-10(14(15)16)9(11-12-13)7-8(2)3/h8H,4-7H2,1-3H3. The maximum atomic E-state index is 11.0. The van der Waals surface area contributed by atoms with Crippen LogP contribution in [0, 0.1) is 16.0 Å². The fourth-order valence-electron chi connectivity index (χ4n) is 1.52. The summed E-state index contributed by atoms with van der Waals surface area (Å²) in [5.74, 6) is 0.400. The molecule has 0 aliphatic heterocycles. The number of unbranched alkanes of at least 4 members (excludes halogenated alkanes) is 1. The molecule has 6 nitrogen and oxygen atoms in total.